The largest absolute Gasteiger partial charge is 0.265 e. The van der Waals surface area contributed by atoms with E-state index in [1.807, 2.05) is 12.4 Å². The number of nitrogens with zero attached hydrogens (tertiary/aromatic N) is 1. The zero-order valence-corrected chi connectivity index (χ0v) is 13.9. The van der Waals surface area contributed by atoms with Crippen LogP contribution in [0.5, 0.6) is 0 Å². The third-order valence-corrected chi connectivity index (χ3v) is 4.73. The number of benzene rings is 3. The van der Waals surface area contributed by atoms with Crippen molar-refractivity contribution < 1.29 is 0 Å². The van der Waals surface area contributed by atoms with Gasteiger partial charge in [-0.2, -0.15) is 0 Å². The number of hydrogen-bond acceptors (Lipinski definition) is 1. The van der Waals surface area contributed by atoms with E-state index in [1.165, 1.54) is 22.3 Å². The molecule has 4 aromatic rings. The van der Waals surface area contributed by atoms with Gasteiger partial charge in [-0.25, -0.2) is 0 Å². The topological polar surface area (TPSA) is 12.9 Å². The van der Waals surface area contributed by atoms with Crippen molar-refractivity contribution in [3.8, 4) is 0 Å². The number of pyridine rings is 1. The monoisotopic (exact) mass is 321 g/mol. The zero-order chi connectivity index (χ0) is 17.0. The van der Waals surface area contributed by atoms with E-state index in [2.05, 4.69) is 108 Å². The Morgan fingerprint density at radius 1 is 0.400 bits per heavy atom. The normalized spacial score (nSPS) is 11.2. The van der Waals surface area contributed by atoms with Crippen LogP contribution in [0, 0.1) is 0 Å². The highest BCUT2D eigenvalue weighted by molar-refractivity contribution is 5.59. The Labute approximate surface area is 148 Å². The molecule has 0 amide bonds. The third-order valence-electron chi connectivity index (χ3n) is 4.73. The first-order chi connectivity index (χ1) is 12.4. The molecule has 0 aliphatic rings. The molecule has 120 valence electrons. The first-order valence-corrected chi connectivity index (χ1v) is 8.49. The van der Waals surface area contributed by atoms with Crippen molar-refractivity contribution in [2.75, 3.05) is 0 Å². The minimum atomic E-state index is -0.368. The summed E-state index contributed by atoms with van der Waals surface area (Å²) in [5, 5.41) is 0. The van der Waals surface area contributed by atoms with Gasteiger partial charge in [0, 0.05) is 12.4 Å². The molecular formula is C24H19N. The molecule has 0 bridgehead atoms. The van der Waals surface area contributed by atoms with Crippen LogP contribution in [0.25, 0.3) is 0 Å². The summed E-state index contributed by atoms with van der Waals surface area (Å²) in [7, 11) is 0. The van der Waals surface area contributed by atoms with E-state index >= 15 is 0 Å². The average Bonchev–Trinajstić information content (AvgIpc) is 2.72. The van der Waals surface area contributed by atoms with Crippen molar-refractivity contribution in [2.24, 2.45) is 0 Å². The highest BCUT2D eigenvalue weighted by atomic mass is 14.6. The molecule has 0 saturated heterocycles. The van der Waals surface area contributed by atoms with E-state index in [0.29, 0.717) is 0 Å². The maximum Gasteiger partial charge on any atom is 0.0702 e. The second-order valence-corrected chi connectivity index (χ2v) is 6.08. The van der Waals surface area contributed by atoms with Crippen molar-refractivity contribution in [1.82, 2.24) is 4.98 Å². The summed E-state index contributed by atoms with van der Waals surface area (Å²) in [5.74, 6) is 0. The molecule has 0 fully saturated rings. The lowest BCUT2D eigenvalue weighted by molar-refractivity contribution is 0.743. The van der Waals surface area contributed by atoms with Gasteiger partial charge in [0.25, 0.3) is 0 Å². The Hall–Kier alpha value is -3.19. The van der Waals surface area contributed by atoms with Crippen molar-refractivity contribution in [1.29, 1.82) is 0 Å². The van der Waals surface area contributed by atoms with Crippen LogP contribution in [0.3, 0.4) is 0 Å². The standard InChI is InChI=1S/C24H19N/c1-4-10-20(11-5-1)24(21-12-6-2-7-13-21,22-14-8-3-9-15-22)23-16-18-25-19-17-23/h1-19H. The van der Waals surface area contributed by atoms with Gasteiger partial charge in [-0.05, 0) is 34.4 Å². The smallest absolute Gasteiger partial charge is 0.0702 e. The van der Waals surface area contributed by atoms with Gasteiger partial charge in [-0.15, -0.1) is 0 Å². The molecule has 1 heteroatoms. The molecule has 0 aliphatic carbocycles. The zero-order valence-electron chi connectivity index (χ0n) is 13.9. The molecule has 0 N–H and O–H groups in total. The van der Waals surface area contributed by atoms with Crippen LogP contribution in [0.2, 0.25) is 0 Å². The van der Waals surface area contributed by atoms with Gasteiger partial charge in [-0.1, -0.05) is 91.0 Å². The van der Waals surface area contributed by atoms with Gasteiger partial charge in [-0.3, -0.25) is 4.98 Å². The van der Waals surface area contributed by atoms with Crippen LogP contribution in [0.1, 0.15) is 22.3 Å². The Kier molecular flexibility index (Phi) is 4.14. The maximum absolute atomic E-state index is 4.24. The van der Waals surface area contributed by atoms with Crippen molar-refractivity contribution in [3.63, 3.8) is 0 Å². The fraction of sp³-hybridized carbons (Fsp3) is 0.0417. The molecule has 0 saturated carbocycles. The third kappa shape index (κ3) is 2.64. The molecule has 1 aromatic heterocycles. The molecule has 0 spiro atoms. The van der Waals surface area contributed by atoms with Gasteiger partial charge in [0.1, 0.15) is 0 Å². The van der Waals surface area contributed by atoms with E-state index in [9.17, 15) is 0 Å². The van der Waals surface area contributed by atoms with E-state index in [0.717, 1.165) is 0 Å². The Balaban J connectivity index is 2.13. The molecule has 3 aromatic carbocycles. The molecular weight excluding hydrogens is 302 g/mol. The summed E-state index contributed by atoms with van der Waals surface area (Å²) in [4.78, 5) is 4.24. The first-order valence-electron chi connectivity index (χ1n) is 8.49. The summed E-state index contributed by atoms with van der Waals surface area (Å²) in [6.07, 6.45) is 3.75. The average molecular weight is 321 g/mol. The van der Waals surface area contributed by atoms with Gasteiger partial charge < -0.3 is 0 Å². The molecule has 1 nitrogen and oxygen atoms in total. The highest BCUT2D eigenvalue weighted by Gasteiger charge is 2.37. The fourth-order valence-electron chi connectivity index (χ4n) is 3.67. The Morgan fingerprint density at radius 3 is 1.08 bits per heavy atom. The predicted octanol–water partition coefficient (Wildman–Crippen LogP) is 5.46. The first kappa shape index (κ1) is 15.3. The summed E-state index contributed by atoms with van der Waals surface area (Å²) in [6.45, 7) is 0. The molecule has 0 radical (unpaired) electrons. The van der Waals surface area contributed by atoms with Crippen LogP contribution in [-0.4, -0.2) is 4.98 Å². The lowest BCUT2D eigenvalue weighted by Gasteiger charge is -2.36. The summed E-state index contributed by atoms with van der Waals surface area (Å²) >= 11 is 0. The van der Waals surface area contributed by atoms with E-state index < -0.39 is 0 Å². The van der Waals surface area contributed by atoms with Gasteiger partial charge >= 0.3 is 0 Å². The minimum Gasteiger partial charge on any atom is -0.265 e. The second kappa shape index (κ2) is 6.74. The van der Waals surface area contributed by atoms with Crippen LogP contribution in [0.4, 0.5) is 0 Å². The quantitative estimate of drug-likeness (QED) is 0.455. The van der Waals surface area contributed by atoms with Crippen molar-refractivity contribution >= 4 is 0 Å². The Morgan fingerprint density at radius 2 is 0.720 bits per heavy atom. The minimum absolute atomic E-state index is 0.368. The van der Waals surface area contributed by atoms with Crippen LogP contribution in [-0.2, 0) is 5.41 Å². The van der Waals surface area contributed by atoms with E-state index in [1.54, 1.807) is 0 Å². The molecule has 1 heterocycles. The van der Waals surface area contributed by atoms with E-state index in [4.69, 9.17) is 0 Å². The molecule has 0 aliphatic heterocycles. The lowest BCUT2D eigenvalue weighted by atomic mass is 9.65. The van der Waals surface area contributed by atoms with Crippen LogP contribution < -0.4 is 0 Å². The van der Waals surface area contributed by atoms with Crippen LogP contribution in [0.15, 0.2) is 116 Å². The molecule has 25 heavy (non-hydrogen) atoms. The molecule has 4 rings (SSSR count). The van der Waals surface area contributed by atoms with Crippen molar-refractivity contribution in [2.45, 2.75) is 5.41 Å². The van der Waals surface area contributed by atoms with Gasteiger partial charge in [0.05, 0.1) is 5.41 Å². The number of aromatic nitrogens is 1. The molecule has 0 unspecified atom stereocenters. The maximum atomic E-state index is 4.24. The number of rotatable bonds is 4. The lowest BCUT2D eigenvalue weighted by Crippen LogP contribution is -2.30. The SMILES string of the molecule is c1ccc(C(c2ccccc2)(c2ccccc2)c2ccncc2)cc1. The van der Waals surface area contributed by atoms with Gasteiger partial charge in [0.2, 0.25) is 0 Å². The van der Waals surface area contributed by atoms with Gasteiger partial charge in [0.15, 0.2) is 0 Å². The number of hydrogen-bond donors (Lipinski definition) is 0. The molecule has 0 atom stereocenters. The van der Waals surface area contributed by atoms with E-state index in [-0.39, 0.29) is 5.41 Å². The predicted molar refractivity (Wildman–Crippen MR) is 103 cm³/mol. The highest BCUT2D eigenvalue weighted by Crippen LogP contribution is 2.44. The van der Waals surface area contributed by atoms with Crippen LogP contribution >= 0.6 is 0 Å². The second-order valence-electron chi connectivity index (χ2n) is 6.08. The summed E-state index contributed by atoms with van der Waals surface area (Å²) in [6, 6.07) is 36.3. The Bertz CT molecular complexity index is 753. The summed E-state index contributed by atoms with van der Waals surface area (Å²) < 4.78 is 0. The van der Waals surface area contributed by atoms with Crippen molar-refractivity contribution in [3.05, 3.63) is 138 Å². The fourth-order valence-corrected chi connectivity index (χ4v) is 3.67. The summed E-state index contributed by atoms with van der Waals surface area (Å²) in [5.41, 5.74) is 4.59.